The maximum atomic E-state index is 12.3. The molecule has 4 nitrogen and oxygen atoms in total. The summed E-state index contributed by atoms with van der Waals surface area (Å²) < 4.78 is 0. The lowest BCUT2D eigenvalue weighted by atomic mass is 9.89. The molecule has 2 rings (SSSR count). The van der Waals surface area contributed by atoms with Crippen LogP contribution in [0.3, 0.4) is 0 Å². The molecular weight excluding hydrogens is 242 g/mol. The number of nitrogens with zero attached hydrogens (tertiary/aromatic N) is 1. The van der Waals surface area contributed by atoms with E-state index in [0.29, 0.717) is 31.5 Å². The fourth-order valence-corrected chi connectivity index (χ4v) is 2.35. The number of aromatic hydroxyl groups is 1. The van der Waals surface area contributed by atoms with Crippen molar-refractivity contribution < 1.29 is 14.7 Å². The van der Waals surface area contributed by atoms with E-state index in [1.54, 1.807) is 17.0 Å². The van der Waals surface area contributed by atoms with E-state index < -0.39 is 0 Å². The predicted molar refractivity (Wildman–Crippen MR) is 71.9 cm³/mol. The summed E-state index contributed by atoms with van der Waals surface area (Å²) in [4.78, 5) is 25.4. The van der Waals surface area contributed by atoms with Crippen molar-refractivity contribution in [2.24, 2.45) is 5.92 Å². The van der Waals surface area contributed by atoms with Crippen LogP contribution in [0.5, 0.6) is 5.75 Å². The fourth-order valence-electron chi connectivity index (χ4n) is 2.35. The lowest BCUT2D eigenvalue weighted by Crippen LogP contribution is -2.39. The minimum atomic E-state index is -0.0736. The van der Waals surface area contributed by atoms with E-state index in [9.17, 15) is 14.7 Å². The molecule has 1 aromatic carbocycles. The zero-order valence-electron chi connectivity index (χ0n) is 10.7. The Morgan fingerprint density at radius 1 is 1.21 bits per heavy atom. The van der Waals surface area contributed by atoms with Gasteiger partial charge >= 0.3 is 0 Å². The number of piperidine rings is 1. The standard InChI is InChI=1S/C15H17NO3/c1-2-14(18)16-9-7-12(8-10-16)15(19)11-3-5-13(17)6-4-11/h2-6,12,17H,1,7-10H2. The highest BCUT2D eigenvalue weighted by Crippen LogP contribution is 2.22. The van der Waals surface area contributed by atoms with Crippen molar-refractivity contribution in [3.8, 4) is 5.75 Å². The molecule has 1 saturated heterocycles. The Morgan fingerprint density at radius 2 is 1.79 bits per heavy atom. The quantitative estimate of drug-likeness (QED) is 0.667. The summed E-state index contributed by atoms with van der Waals surface area (Å²) in [6.45, 7) is 4.66. The van der Waals surface area contributed by atoms with Crippen LogP contribution in [-0.4, -0.2) is 34.8 Å². The monoisotopic (exact) mass is 259 g/mol. The number of ketones is 1. The fraction of sp³-hybridized carbons (Fsp3) is 0.333. The molecule has 1 amide bonds. The summed E-state index contributed by atoms with van der Waals surface area (Å²) in [7, 11) is 0. The van der Waals surface area contributed by atoms with E-state index in [0.717, 1.165) is 0 Å². The third-order valence-corrected chi connectivity index (χ3v) is 3.50. The summed E-state index contributed by atoms with van der Waals surface area (Å²) in [5.74, 6) is 0.127. The van der Waals surface area contributed by atoms with Gasteiger partial charge in [-0.3, -0.25) is 9.59 Å². The molecule has 1 N–H and O–H groups in total. The minimum Gasteiger partial charge on any atom is -0.508 e. The van der Waals surface area contributed by atoms with Crippen molar-refractivity contribution in [2.75, 3.05) is 13.1 Å². The minimum absolute atomic E-state index is 0.0431. The third kappa shape index (κ3) is 3.02. The average Bonchev–Trinajstić information content (AvgIpc) is 2.46. The molecule has 100 valence electrons. The van der Waals surface area contributed by atoms with Gasteiger partial charge in [-0.25, -0.2) is 0 Å². The number of rotatable bonds is 3. The van der Waals surface area contributed by atoms with Crippen LogP contribution >= 0.6 is 0 Å². The highest BCUT2D eigenvalue weighted by molar-refractivity contribution is 5.98. The smallest absolute Gasteiger partial charge is 0.245 e. The number of hydrogen-bond donors (Lipinski definition) is 1. The molecule has 1 fully saturated rings. The van der Waals surface area contributed by atoms with Crippen LogP contribution in [0.1, 0.15) is 23.2 Å². The van der Waals surface area contributed by atoms with Gasteiger partial charge in [0.25, 0.3) is 0 Å². The molecule has 0 atom stereocenters. The normalized spacial score (nSPS) is 16.1. The summed E-state index contributed by atoms with van der Waals surface area (Å²) in [5, 5.41) is 9.21. The number of phenolic OH excluding ortho intramolecular Hbond substituents is 1. The molecular formula is C15H17NO3. The molecule has 19 heavy (non-hydrogen) atoms. The molecule has 0 saturated carbocycles. The maximum absolute atomic E-state index is 12.3. The molecule has 1 aliphatic heterocycles. The second-order valence-corrected chi connectivity index (χ2v) is 4.71. The van der Waals surface area contributed by atoms with Crippen LogP contribution in [0.4, 0.5) is 0 Å². The number of Topliss-reactive ketones (excluding diaryl/α,β-unsaturated/α-hetero) is 1. The molecule has 4 heteroatoms. The topological polar surface area (TPSA) is 57.6 Å². The Hall–Kier alpha value is -2.10. The van der Waals surface area contributed by atoms with Crippen LogP contribution in [-0.2, 0) is 4.79 Å². The van der Waals surface area contributed by atoms with Gasteiger partial charge in [-0.2, -0.15) is 0 Å². The van der Waals surface area contributed by atoms with Gasteiger partial charge in [-0.05, 0) is 43.2 Å². The largest absolute Gasteiger partial charge is 0.508 e. The van der Waals surface area contributed by atoms with Crippen molar-refractivity contribution in [1.29, 1.82) is 0 Å². The number of carbonyl (C=O) groups is 2. The van der Waals surface area contributed by atoms with Gasteiger partial charge in [0, 0.05) is 24.6 Å². The Balaban J connectivity index is 1.97. The predicted octanol–water partition coefficient (Wildman–Crippen LogP) is 2.00. The van der Waals surface area contributed by atoms with Gasteiger partial charge in [0.1, 0.15) is 5.75 Å². The molecule has 1 heterocycles. The van der Waals surface area contributed by atoms with Gasteiger partial charge < -0.3 is 10.0 Å². The molecule has 0 radical (unpaired) electrons. The van der Waals surface area contributed by atoms with E-state index >= 15 is 0 Å². The van der Waals surface area contributed by atoms with Crippen LogP contribution in [0.15, 0.2) is 36.9 Å². The van der Waals surface area contributed by atoms with E-state index in [2.05, 4.69) is 6.58 Å². The number of likely N-dealkylation sites (tertiary alicyclic amines) is 1. The van der Waals surface area contributed by atoms with Crippen molar-refractivity contribution in [2.45, 2.75) is 12.8 Å². The van der Waals surface area contributed by atoms with E-state index in [4.69, 9.17) is 0 Å². The first-order valence-corrected chi connectivity index (χ1v) is 6.36. The van der Waals surface area contributed by atoms with Gasteiger partial charge in [0.15, 0.2) is 5.78 Å². The second-order valence-electron chi connectivity index (χ2n) is 4.71. The number of benzene rings is 1. The first-order valence-electron chi connectivity index (χ1n) is 6.36. The van der Waals surface area contributed by atoms with Gasteiger partial charge in [-0.15, -0.1) is 0 Å². The maximum Gasteiger partial charge on any atom is 0.245 e. The van der Waals surface area contributed by atoms with Crippen molar-refractivity contribution in [3.63, 3.8) is 0 Å². The molecule has 1 aromatic rings. The SMILES string of the molecule is C=CC(=O)N1CCC(C(=O)c2ccc(O)cc2)CC1. The zero-order valence-corrected chi connectivity index (χ0v) is 10.7. The molecule has 1 aliphatic rings. The molecule has 0 unspecified atom stereocenters. The van der Waals surface area contributed by atoms with Crippen molar-refractivity contribution >= 4 is 11.7 Å². The molecule has 0 aromatic heterocycles. The van der Waals surface area contributed by atoms with Crippen LogP contribution in [0.25, 0.3) is 0 Å². The highest BCUT2D eigenvalue weighted by Gasteiger charge is 2.26. The lowest BCUT2D eigenvalue weighted by molar-refractivity contribution is -0.127. The summed E-state index contributed by atoms with van der Waals surface area (Å²) in [6.07, 6.45) is 2.67. The lowest BCUT2D eigenvalue weighted by Gasteiger charge is -2.30. The Bertz CT molecular complexity index is 485. The number of hydrogen-bond acceptors (Lipinski definition) is 3. The van der Waals surface area contributed by atoms with E-state index in [1.807, 2.05) is 0 Å². The Labute approximate surface area is 112 Å². The Morgan fingerprint density at radius 3 is 2.32 bits per heavy atom. The van der Waals surface area contributed by atoms with Crippen LogP contribution in [0.2, 0.25) is 0 Å². The van der Waals surface area contributed by atoms with E-state index in [1.165, 1.54) is 18.2 Å². The second kappa shape index (κ2) is 5.69. The summed E-state index contributed by atoms with van der Waals surface area (Å²) >= 11 is 0. The number of amides is 1. The molecule has 0 aliphatic carbocycles. The summed E-state index contributed by atoms with van der Waals surface area (Å²) in [6, 6.07) is 6.31. The van der Waals surface area contributed by atoms with Gasteiger partial charge in [0.05, 0.1) is 0 Å². The third-order valence-electron chi connectivity index (χ3n) is 3.50. The number of carbonyl (C=O) groups excluding carboxylic acids is 2. The van der Waals surface area contributed by atoms with Gasteiger partial charge in [-0.1, -0.05) is 6.58 Å². The van der Waals surface area contributed by atoms with Gasteiger partial charge in [0.2, 0.25) is 5.91 Å². The summed E-state index contributed by atoms with van der Waals surface area (Å²) in [5.41, 5.74) is 0.617. The number of phenols is 1. The molecule has 0 spiro atoms. The molecule has 0 bridgehead atoms. The van der Waals surface area contributed by atoms with Crippen LogP contribution in [0, 0.1) is 5.92 Å². The first kappa shape index (κ1) is 13.3. The zero-order chi connectivity index (χ0) is 13.8. The average molecular weight is 259 g/mol. The Kier molecular flexibility index (Phi) is 4.00. The highest BCUT2D eigenvalue weighted by atomic mass is 16.3. The van der Waals surface area contributed by atoms with E-state index in [-0.39, 0.29) is 23.4 Å². The van der Waals surface area contributed by atoms with Crippen molar-refractivity contribution in [1.82, 2.24) is 4.90 Å². The van der Waals surface area contributed by atoms with Crippen molar-refractivity contribution in [3.05, 3.63) is 42.5 Å². The van der Waals surface area contributed by atoms with Crippen LogP contribution < -0.4 is 0 Å². The first-order chi connectivity index (χ1) is 9.11.